The minimum atomic E-state index is -1.75. The second-order valence-electron chi connectivity index (χ2n) is 8.21. The van der Waals surface area contributed by atoms with Gasteiger partial charge in [0.25, 0.3) is 0 Å². The van der Waals surface area contributed by atoms with Gasteiger partial charge in [0.05, 0.1) is 34.8 Å². The predicted molar refractivity (Wildman–Crippen MR) is 95.0 cm³/mol. The fourth-order valence-corrected chi connectivity index (χ4v) is 21.2. The van der Waals surface area contributed by atoms with E-state index in [2.05, 4.69) is 59.7 Å². The van der Waals surface area contributed by atoms with Crippen LogP contribution in [0.25, 0.3) is 0 Å². The summed E-state index contributed by atoms with van der Waals surface area (Å²) in [6.07, 6.45) is 0. The van der Waals surface area contributed by atoms with Crippen molar-refractivity contribution in [3.8, 4) is 0 Å². The maximum atomic E-state index is 11.8. The van der Waals surface area contributed by atoms with Gasteiger partial charge in [-0.15, -0.1) is 0 Å². The zero-order valence-corrected chi connectivity index (χ0v) is 17.8. The Hall–Kier alpha value is 0.571. The van der Waals surface area contributed by atoms with Crippen LogP contribution in [0.2, 0.25) is 57.9 Å². The van der Waals surface area contributed by atoms with E-state index in [9.17, 15) is 5.11 Å². The van der Waals surface area contributed by atoms with Crippen LogP contribution in [0.15, 0.2) is 0 Å². The Balaban J connectivity index is 6.01. The van der Waals surface area contributed by atoms with E-state index >= 15 is 0 Å². The zero-order valence-electron chi connectivity index (χ0n) is 14.8. The minimum Gasteiger partial charge on any atom is -0.394 e. The number of aliphatic hydroxyl groups is 1. The molecule has 0 aliphatic rings. The van der Waals surface area contributed by atoms with Gasteiger partial charge in [-0.25, -0.2) is 0 Å². The van der Waals surface area contributed by atoms with Crippen molar-refractivity contribution in [1.82, 2.24) is 0 Å². The number of methoxy groups -OCH3 is 1. The summed E-state index contributed by atoms with van der Waals surface area (Å²) in [5, 5.41) is 11.8. The highest BCUT2D eigenvalue weighted by Gasteiger charge is 2.61. The quantitative estimate of drug-likeness (QED) is 0.714. The van der Waals surface area contributed by atoms with Crippen LogP contribution in [-0.4, -0.2) is 47.0 Å². The Morgan fingerprint density at radius 1 is 0.947 bits per heavy atom. The van der Waals surface area contributed by atoms with E-state index < -0.39 is 29.1 Å². The third kappa shape index (κ3) is 3.43. The lowest BCUT2D eigenvalue weighted by molar-refractivity contribution is 0.0354. The third-order valence-electron chi connectivity index (χ3n) is 5.30. The van der Waals surface area contributed by atoms with Gasteiger partial charge in [-0.1, -0.05) is 71.8 Å². The van der Waals surface area contributed by atoms with Crippen molar-refractivity contribution in [3.05, 3.63) is 0 Å². The monoisotopic (exact) mass is 320 g/mol. The summed E-state index contributed by atoms with van der Waals surface area (Å²) in [7, 11) is -3.27. The summed E-state index contributed by atoms with van der Waals surface area (Å²) in [5.74, 6) is 0. The van der Waals surface area contributed by atoms with Gasteiger partial charge in [0, 0.05) is 7.11 Å². The summed E-state index contributed by atoms with van der Waals surface area (Å²) in [5.41, 5.74) is 0.0679. The van der Waals surface area contributed by atoms with E-state index in [1.165, 1.54) is 0 Å². The molecular weight excluding hydrogens is 284 g/mol. The molecule has 0 aliphatic carbocycles. The molecule has 0 rings (SSSR count). The van der Waals surface area contributed by atoms with Crippen molar-refractivity contribution in [2.24, 2.45) is 0 Å². The second kappa shape index (κ2) is 6.13. The highest BCUT2D eigenvalue weighted by molar-refractivity contribution is 7.01. The average molecular weight is 321 g/mol. The number of ether oxygens (including phenoxy) is 1. The summed E-state index contributed by atoms with van der Waals surface area (Å²) in [6.45, 7) is 20.8. The van der Waals surface area contributed by atoms with Gasteiger partial charge in [0.15, 0.2) is 0 Å². The molecule has 0 amide bonds. The maximum Gasteiger partial charge on any atom is 0.0842 e. The summed E-state index contributed by atoms with van der Waals surface area (Å²) >= 11 is 0. The van der Waals surface area contributed by atoms with Crippen LogP contribution in [0, 0.1) is 0 Å². The van der Waals surface area contributed by atoms with Gasteiger partial charge in [-0.2, -0.15) is 0 Å². The van der Waals surface area contributed by atoms with Crippen molar-refractivity contribution in [2.45, 2.75) is 82.3 Å². The smallest absolute Gasteiger partial charge is 0.0842 e. The molecule has 0 aromatic heterocycles. The van der Waals surface area contributed by atoms with E-state index in [0.717, 1.165) is 12.1 Å². The highest BCUT2D eigenvalue weighted by atomic mass is 28.4. The summed E-state index contributed by atoms with van der Waals surface area (Å²) in [6, 6.07) is 2.27. The fourth-order valence-electron chi connectivity index (χ4n) is 3.27. The molecule has 0 fully saturated rings. The van der Waals surface area contributed by atoms with Crippen LogP contribution in [0.4, 0.5) is 0 Å². The summed E-state index contributed by atoms with van der Waals surface area (Å²) < 4.78 is 5.97. The van der Waals surface area contributed by atoms with Crippen molar-refractivity contribution in [2.75, 3.05) is 7.11 Å². The normalized spacial score (nSPS) is 19.1. The van der Waals surface area contributed by atoms with Crippen LogP contribution in [-0.2, 0) is 4.74 Å². The molecule has 0 aliphatic heterocycles. The molecule has 0 heterocycles. The molecule has 0 bridgehead atoms. The minimum absolute atomic E-state index is 0.0679. The van der Waals surface area contributed by atoms with Gasteiger partial charge in [0.2, 0.25) is 0 Å². The standard InChI is InChI=1S/C14H36O2Si3/c1-11-18(7,8)13(16-3)14(15,17(4,5)6)19(9,10)12-2/h13,15H,11-12H2,1-10H3. The average Bonchev–Trinajstić information content (AvgIpc) is 2.27. The Morgan fingerprint density at radius 2 is 1.37 bits per heavy atom. The first-order valence-corrected chi connectivity index (χ1v) is 17.6. The number of hydrogen-bond donors (Lipinski definition) is 1. The highest BCUT2D eigenvalue weighted by Crippen LogP contribution is 2.41. The van der Waals surface area contributed by atoms with E-state index in [0.29, 0.717) is 0 Å². The maximum absolute atomic E-state index is 11.8. The molecule has 0 aromatic carbocycles. The Bertz CT molecular complexity index is 298. The van der Waals surface area contributed by atoms with Crippen LogP contribution in [0.3, 0.4) is 0 Å². The topological polar surface area (TPSA) is 29.5 Å². The van der Waals surface area contributed by atoms with E-state index in [1.54, 1.807) is 7.11 Å². The Kier molecular flexibility index (Phi) is 6.32. The Morgan fingerprint density at radius 3 is 1.58 bits per heavy atom. The van der Waals surface area contributed by atoms with Crippen molar-refractivity contribution < 1.29 is 9.84 Å². The van der Waals surface area contributed by atoms with Gasteiger partial charge in [-0.3, -0.25) is 0 Å². The molecule has 0 radical (unpaired) electrons. The van der Waals surface area contributed by atoms with Crippen LogP contribution in [0.5, 0.6) is 0 Å². The first-order chi connectivity index (χ1) is 8.31. The van der Waals surface area contributed by atoms with E-state index in [1.807, 2.05) is 0 Å². The van der Waals surface area contributed by atoms with E-state index in [-0.39, 0.29) is 5.73 Å². The number of rotatable bonds is 7. The molecule has 0 saturated heterocycles. The van der Waals surface area contributed by atoms with Crippen LogP contribution >= 0.6 is 0 Å². The van der Waals surface area contributed by atoms with E-state index in [4.69, 9.17) is 4.74 Å². The lowest BCUT2D eigenvalue weighted by atomic mass is 10.7. The molecule has 2 atom stereocenters. The Labute approximate surface area is 124 Å². The molecular formula is C14H36O2Si3. The molecule has 2 nitrogen and oxygen atoms in total. The SMILES string of the molecule is CC[Si](C)(C)C(OC)C(O)([Si](C)(C)C)[Si](C)(C)CC. The van der Waals surface area contributed by atoms with Gasteiger partial charge < -0.3 is 9.84 Å². The van der Waals surface area contributed by atoms with Gasteiger partial charge in [-0.05, 0) is 0 Å². The largest absolute Gasteiger partial charge is 0.394 e. The molecule has 19 heavy (non-hydrogen) atoms. The van der Waals surface area contributed by atoms with Gasteiger partial charge in [0.1, 0.15) is 0 Å². The molecule has 116 valence electrons. The number of hydrogen-bond acceptors (Lipinski definition) is 2. The molecule has 5 heteroatoms. The molecule has 2 unspecified atom stereocenters. The molecule has 1 N–H and O–H groups in total. The zero-order chi connectivity index (χ0) is 15.7. The van der Waals surface area contributed by atoms with Crippen LogP contribution < -0.4 is 0 Å². The van der Waals surface area contributed by atoms with Crippen LogP contribution in [0.1, 0.15) is 13.8 Å². The summed E-state index contributed by atoms with van der Waals surface area (Å²) in [4.78, 5) is -0.546. The lowest BCUT2D eigenvalue weighted by Gasteiger charge is -2.56. The first-order valence-electron chi connectivity index (χ1n) is 7.57. The molecule has 0 aromatic rings. The first kappa shape index (κ1) is 19.6. The van der Waals surface area contributed by atoms with Crippen molar-refractivity contribution in [3.63, 3.8) is 0 Å². The van der Waals surface area contributed by atoms with Gasteiger partial charge >= 0.3 is 0 Å². The molecule has 0 spiro atoms. The predicted octanol–water partition coefficient (Wildman–Crippen LogP) is 4.14. The van der Waals surface area contributed by atoms with Crippen molar-refractivity contribution >= 4 is 24.2 Å². The fraction of sp³-hybridized carbons (Fsp3) is 1.00. The lowest BCUT2D eigenvalue weighted by Crippen LogP contribution is -2.78. The third-order valence-corrected chi connectivity index (χ3v) is 20.7. The second-order valence-corrected chi connectivity index (χ2v) is 24.4. The molecule has 0 saturated carbocycles. The van der Waals surface area contributed by atoms with Crippen molar-refractivity contribution in [1.29, 1.82) is 0 Å².